The predicted octanol–water partition coefficient (Wildman–Crippen LogP) is 3.96. The summed E-state index contributed by atoms with van der Waals surface area (Å²) in [6.07, 6.45) is 8.21. The maximum Gasteiger partial charge on any atom is 0.248 e. The van der Waals surface area contributed by atoms with Crippen molar-refractivity contribution in [3.63, 3.8) is 0 Å². The monoisotopic (exact) mass is 476 g/mol. The average Bonchev–Trinajstić information content (AvgIpc) is 3.50. The molecule has 9 heteroatoms. The van der Waals surface area contributed by atoms with Gasteiger partial charge in [0.15, 0.2) is 0 Å². The molecule has 0 radical (unpaired) electrons. The first-order valence-electron chi connectivity index (χ1n) is 10.6. The zero-order valence-electron chi connectivity index (χ0n) is 18.5. The van der Waals surface area contributed by atoms with E-state index in [0.717, 1.165) is 11.4 Å². The highest BCUT2D eigenvalue weighted by molar-refractivity contribution is 7.89. The fraction of sp³-hybridized carbons (Fsp3) is 0.120. The molecule has 0 atom stereocenters. The van der Waals surface area contributed by atoms with Crippen LogP contribution in [0.25, 0.3) is 6.08 Å². The van der Waals surface area contributed by atoms with Crippen molar-refractivity contribution in [1.29, 1.82) is 0 Å². The zero-order chi connectivity index (χ0) is 24.0. The number of rotatable bonds is 9. The molecule has 4 aromatic rings. The van der Waals surface area contributed by atoms with E-state index in [-0.39, 0.29) is 17.3 Å². The molecule has 0 aliphatic carbocycles. The topological polar surface area (TPSA) is 106 Å². The Bertz CT molecular complexity index is 1370. The van der Waals surface area contributed by atoms with Gasteiger partial charge in [-0.1, -0.05) is 24.3 Å². The molecule has 2 heterocycles. The first kappa shape index (κ1) is 23.2. The van der Waals surface area contributed by atoms with Crippen molar-refractivity contribution in [2.75, 3.05) is 5.32 Å². The van der Waals surface area contributed by atoms with Gasteiger partial charge in [0.2, 0.25) is 15.9 Å². The van der Waals surface area contributed by atoms with Crippen LogP contribution in [0, 0.1) is 6.92 Å². The highest BCUT2D eigenvalue weighted by atomic mass is 32.2. The van der Waals surface area contributed by atoms with Gasteiger partial charge in [0.05, 0.1) is 17.7 Å². The van der Waals surface area contributed by atoms with E-state index in [0.29, 0.717) is 23.6 Å². The van der Waals surface area contributed by atoms with Crippen molar-refractivity contribution >= 4 is 27.7 Å². The molecule has 0 spiro atoms. The lowest BCUT2D eigenvalue weighted by Gasteiger charge is -2.07. The number of sulfonamides is 1. The number of imidazole rings is 1. The van der Waals surface area contributed by atoms with E-state index in [2.05, 4.69) is 15.0 Å². The SMILES string of the molecule is Cc1nccn1Cc1ccc(NC(=O)/C=C/c2ccc(S(=O)(=O)NCc3ccco3)cc2)cc1. The lowest BCUT2D eigenvalue weighted by atomic mass is 10.2. The van der Waals surface area contributed by atoms with Gasteiger partial charge in [-0.15, -0.1) is 0 Å². The van der Waals surface area contributed by atoms with E-state index < -0.39 is 10.0 Å². The number of anilines is 1. The molecule has 1 amide bonds. The fourth-order valence-electron chi connectivity index (χ4n) is 3.24. The molecule has 0 saturated carbocycles. The number of hydrogen-bond donors (Lipinski definition) is 2. The maximum atomic E-state index is 12.4. The highest BCUT2D eigenvalue weighted by Gasteiger charge is 2.14. The summed E-state index contributed by atoms with van der Waals surface area (Å²) in [4.78, 5) is 16.6. The van der Waals surface area contributed by atoms with Crippen LogP contribution in [0.1, 0.15) is 22.7 Å². The Balaban J connectivity index is 1.30. The lowest BCUT2D eigenvalue weighted by Crippen LogP contribution is -2.22. The molecule has 4 rings (SSSR count). The number of nitrogens with zero attached hydrogens (tertiary/aromatic N) is 2. The number of furan rings is 1. The number of amides is 1. The average molecular weight is 477 g/mol. The van der Waals surface area contributed by atoms with Gasteiger partial charge in [-0.3, -0.25) is 4.79 Å². The van der Waals surface area contributed by atoms with Gasteiger partial charge in [-0.2, -0.15) is 0 Å². The number of carbonyl (C=O) groups is 1. The molecule has 0 aliphatic heterocycles. The van der Waals surface area contributed by atoms with Crippen molar-refractivity contribution in [2.45, 2.75) is 24.9 Å². The Morgan fingerprint density at radius 2 is 1.85 bits per heavy atom. The van der Waals surface area contributed by atoms with Crippen LogP contribution in [-0.4, -0.2) is 23.9 Å². The normalized spacial score (nSPS) is 11.7. The van der Waals surface area contributed by atoms with Crippen molar-refractivity contribution in [1.82, 2.24) is 14.3 Å². The predicted molar refractivity (Wildman–Crippen MR) is 129 cm³/mol. The van der Waals surface area contributed by atoms with E-state index >= 15 is 0 Å². The van der Waals surface area contributed by atoms with Crippen LogP contribution in [-0.2, 0) is 27.9 Å². The van der Waals surface area contributed by atoms with Crippen LogP contribution in [0.2, 0.25) is 0 Å². The third-order valence-corrected chi connectivity index (χ3v) is 6.55. The minimum atomic E-state index is -3.67. The Morgan fingerprint density at radius 1 is 1.09 bits per heavy atom. The molecule has 0 unspecified atom stereocenters. The van der Waals surface area contributed by atoms with Gasteiger partial charge in [-0.05, 0) is 60.5 Å². The summed E-state index contributed by atoms with van der Waals surface area (Å²) in [5.74, 6) is 1.19. The standard InChI is InChI=1S/C25H24N4O4S/c1-19-26-14-15-29(19)18-21-4-9-22(10-5-21)28-25(30)13-8-20-6-11-24(12-7-20)34(31,32)27-17-23-3-2-16-33-23/h2-16,27H,17-18H2,1H3,(H,28,30)/b13-8+. The smallest absolute Gasteiger partial charge is 0.248 e. The number of hydrogen-bond acceptors (Lipinski definition) is 5. The second kappa shape index (κ2) is 10.3. The number of carbonyl (C=O) groups excluding carboxylic acids is 1. The largest absolute Gasteiger partial charge is 0.468 e. The van der Waals surface area contributed by atoms with E-state index in [1.807, 2.05) is 42.0 Å². The van der Waals surface area contributed by atoms with E-state index in [4.69, 9.17) is 4.42 Å². The van der Waals surface area contributed by atoms with Crippen molar-refractivity contribution < 1.29 is 17.6 Å². The molecule has 0 bridgehead atoms. The fourth-order valence-corrected chi connectivity index (χ4v) is 4.23. The van der Waals surface area contributed by atoms with Gasteiger partial charge < -0.3 is 14.3 Å². The van der Waals surface area contributed by atoms with Crippen LogP contribution in [0.4, 0.5) is 5.69 Å². The van der Waals surface area contributed by atoms with Gasteiger partial charge in [-0.25, -0.2) is 18.1 Å². The van der Waals surface area contributed by atoms with Crippen LogP contribution in [0.3, 0.4) is 0 Å². The van der Waals surface area contributed by atoms with Gasteiger partial charge in [0, 0.05) is 30.7 Å². The summed E-state index contributed by atoms with van der Waals surface area (Å²) in [5.41, 5.74) is 2.49. The van der Waals surface area contributed by atoms with Gasteiger partial charge in [0.25, 0.3) is 0 Å². The van der Waals surface area contributed by atoms with Crippen LogP contribution < -0.4 is 10.0 Å². The molecule has 0 fully saturated rings. The summed E-state index contributed by atoms with van der Waals surface area (Å²) in [7, 11) is -3.67. The summed E-state index contributed by atoms with van der Waals surface area (Å²) in [6.45, 7) is 2.73. The summed E-state index contributed by atoms with van der Waals surface area (Å²) in [6, 6.07) is 17.3. The molecule has 2 aromatic carbocycles. The molecule has 0 saturated heterocycles. The summed E-state index contributed by atoms with van der Waals surface area (Å²) < 4.78 is 34.5. The molecule has 34 heavy (non-hydrogen) atoms. The molecule has 8 nitrogen and oxygen atoms in total. The summed E-state index contributed by atoms with van der Waals surface area (Å²) in [5, 5.41) is 2.82. The van der Waals surface area contributed by atoms with Crippen LogP contribution >= 0.6 is 0 Å². The highest BCUT2D eigenvalue weighted by Crippen LogP contribution is 2.14. The van der Waals surface area contributed by atoms with Gasteiger partial charge in [0.1, 0.15) is 11.6 Å². The second-order valence-corrected chi connectivity index (χ2v) is 9.36. The number of nitrogens with one attached hydrogen (secondary N) is 2. The quantitative estimate of drug-likeness (QED) is 0.356. The van der Waals surface area contributed by atoms with E-state index in [9.17, 15) is 13.2 Å². The number of aryl methyl sites for hydroxylation is 1. The first-order valence-corrected chi connectivity index (χ1v) is 12.1. The van der Waals surface area contributed by atoms with E-state index in [1.165, 1.54) is 24.5 Å². The first-order chi connectivity index (χ1) is 16.4. The number of benzene rings is 2. The maximum absolute atomic E-state index is 12.4. The molecule has 0 aliphatic rings. The van der Waals surface area contributed by atoms with Crippen molar-refractivity contribution in [3.8, 4) is 0 Å². The molecule has 2 aromatic heterocycles. The molecular formula is C25H24N4O4S. The zero-order valence-corrected chi connectivity index (χ0v) is 19.3. The third-order valence-electron chi connectivity index (χ3n) is 5.13. The summed E-state index contributed by atoms with van der Waals surface area (Å²) >= 11 is 0. The molecular weight excluding hydrogens is 452 g/mol. The minimum absolute atomic E-state index is 0.0708. The van der Waals surface area contributed by atoms with Crippen LogP contribution in [0.15, 0.2) is 94.7 Å². The van der Waals surface area contributed by atoms with Crippen molar-refractivity contribution in [3.05, 3.63) is 108 Å². The second-order valence-electron chi connectivity index (χ2n) is 7.59. The van der Waals surface area contributed by atoms with E-state index in [1.54, 1.807) is 36.5 Å². The molecule has 174 valence electrons. The Labute approximate surface area is 198 Å². The number of aromatic nitrogens is 2. The minimum Gasteiger partial charge on any atom is -0.468 e. The Hall–Kier alpha value is -3.95. The Morgan fingerprint density at radius 3 is 2.50 bits per heavy atom. The Kier molecular flexibility index (Phi) is 7.05. The third kappa shape index (κ3) is 6.09. The lowest BCUT2D eigenvalue weighted by molar-refractivity contribution is -0.111. The van der Waals surface area contributed by atoms with Gasteiger partial charge >= 0.3 is 0 Å². The van der Waals surface area contributed by atoms with Crippen LogP contribution in [0.5, 0.6) is 0 Å². The van der Waals surface area contributed by atoms with Crippen molar-refractivity contribution in [2.24, 2.45) is 0 Å². The molecule has 2 N–H and O–H groups in total.